The quantitative estimate of drug-likeness (QED) is 0.864. The predicted octanol–water partition coefficient (Wildman–Crippen LogP) is 2.03. The smallest absolute Gasteiger partial charge is 0.259 e. The molecule has 2 aliphatic rings. The number of pyridine rings is 1. The number of amides is 1. The lowest BCUT2D eigenvalue weighted by molar-refractivity contribution is -0.0428. The molecule has 0 radical (unpaired) electrons. The minimum atomic E-state index is 0.0536. The average molecular weight is 326 g/mol. The van der Waals surface area contributed by atoms with Gasteiger partial charge >= 0.3 is 0 Å². The monoisotopic (exact) mass is 326 g/mol. The van der Waals surface area contributed by atoms with Crippen molar-refractivity contribution in [3.05, 3.63) is 47.1 Å². The molecule has 2 fully saturated rings. The summed E-state index contributed by atoms with van der Waals surface area (Å²) < 4.78 is 5.15. The highest BCUT2D eigenvalue weighted by molar-refractivity contribution is 5.96. The summed E-state index contributed by atoms with van der Waals surface area (Å²) in [6.07, 6.45) is 4.79. The van der Waals surface area contributed by atoms with Crippen molar-refractivity contribution >= 4 is 5.91 Å². The summed E-state index contributed by atoms with van der Waals surface area (Å²) in [5.41, 5.74) is 2.54. The van der Waals surface area contributed by atoms with Crippen molar-refractivity contribution in [1.29, 1.82) is 0 Å². The molecule has 24 heavy (non-hydrogen) atoms. The van der Waals surface area contributed by atoms with Crippen LogP contribution in [0, 0.1) is 19.8 Å². The van der Waals surface area contributed by atoms with Crippen molar-refractivity contribution in [3.8, 4) is 0 Å². The van der Waals surface area contributed by atoms with Gasteiger partial charge in [0.05, 0.1) is 5.69 Å². The second kappa shape index (κ2) is 6.02. The molecule has 126 valence electrons. The third-order valence-electron chi connectivity index (χ3n) is 5.30. The molecule has 2 aromatic heterocycles. The van der Waals surface area contributed by atoms with Gasteiger partial charge in [0.25, 0.3) is 5.91 Å². The Bertz CT molecular complexity index is 723. The number of rotatable bonds is 3. The van der Waals surface area contributed by atoms with E-state index in [1.165, 1.54) is 5.56 Å². The zero-order valence-electron chi connectivity index (χ0n) is 14.1. The van der Waals surface area contributed by atoms with Gasteiger partial charge in [0.2, 0.25) is 0 Å². The van der Waals surface area contributed by atoms with Gasteiger partial charge in [-0.2, -0.15) is 0 Å². The van der Waals surface area contributed by atoms with Crippen molar-refractivity contribution < 1.29 is 9.32 Å². The molecule has 6 nitrogen and oxygen atoms in total. The fourth-order valence-electron chi connectivity index (χ4n) is 3.94. The van der Waals surface area contributed by atoms with Gasteiger partial charge in [0.15, 0.2) is 0 Å². The number of aryl methyl sites for hydroxylation is 2. The molecular weight excluding hydrogens is 304 g/mol. The first kappa shape index (κ1) is 15.3. The van der Waals surface area contributed by atoms with E-state index in [0.717, 1.165) is 32.6 Å². The molecule has 0 bridgehead atoms. The van der Waals surface area contributed by atoms with Crippen LogP contribution in [0.25, 0.3) is 0 Å². The molecule has 2 saturated heterocycles. The van der Waals surface area contributed by atoms with Crippen LogP contribution in [0.3, 0.4) is 0 Å². The van der Waals surface area contributed by atoms with Gasteiger partial charge in [-0.25, -0.2) is 0 Å². The largest absolute Gasteiger partial charge is 0.361 e. The minimum Gasteiger partial charge on any atom is -0.361 e. The first-order valence-electron chi connectivity index (χ1n) is 8.48. The topological polar surface area (TPSA) is 62.5 Å². The maximum absolute atomic E-state index is 12.8. The van der Waals surface area contributed by atoms with Crippen molar-refractivity contribution in [2.45, 2.75) is 32.9 Å². The fraction of sp³-hybridized carbons (Fsp3) is 0.500. The Balaban J connectivity index is 1.44. The lowest BCUT2D eigenvalue weighted by Crippen LogP contribution is -2.64. The lowest BCUT2D eigenvalue weighted by atomic mass is 9.82. The van der Waals surface area contributed by atoms with Crippen LogP contribution in [0.15, 0.2) is 29.0 Å². The Kier molecular flexibility index (Phi) is 3.84. The van der Waals surface area contributed by atoms with E-state index in [9.17, 15) is 4.79 Å². The summed E-state index contributed by atoms with van der Waals surface area (Å²) in [4.78, 5) is 21.4. The number of fused-ring (bicyclic) bond motifs is 1. The molecule has 6 heteroatoms. The van der Waals surface area contributed by atoms with Gasteiger partial charge in [-0.15, -0.1) is 0 Å². The molecule has 2 atom stereocenters. The van der Waals surface area contributed by atoms with Gasteiger partial charge in [0, 0.05) is 44.6 Å². The molecule has 0 aromatic carbocycles. The maximum atomic E-state index is 12.8. The SMILES string of the molecule is Cc1noc(C)c1C(=O)N1CC[C@@H]2CN(Cc3cccnc3)[C@@H]2C1. The van der Waals surface area contributed by atoms with Crippen LogP contribution in [-0.4, -0.2) is 51.5 Å². The van der Waals surface area contributed by atoms with Crippen LogP contribution in [0.1, 0.15) is 33.8 Å². The zero-order chi connectivity index (χ0) is 16.7. The fourth-order valence-corrected chi connectivity index (χ4v) is 3.94. The molecule has 4 rings (SSSR count). The van der Waals surface area contributed by atoms with E-state index < -0.39 is 0 Å². The van der Waals surface area contributed by atoms with Crippen molar-refractivity contribution in [2.75, 3.05) is 19.6 Å². The Labute approximate surface area is 141 Å². The van der Waals surface area contributed by atoms with Gasteiger partial charge in [0.1, 0.15) is 11.3 Å². The van der Waals surface area contributed by atoms with E-state index in [2.05, 4.69) is 21.1 Å². The number of piperidine rings is 1. The zero-order valence-corrected chi connectivity index (χ0v) is 14.1. The van der Waals surface area contributed by atoms with Gasteiger partial charge in [-0.1, -0.05) is 11.2 Å². The summed E-state index contributed by atoms with van der Waals surface area (Å²) in [6, 6.07) is 4.53. The number of hydrogen-bond donors (Lipinski definition) is 0. The normalized spacial score (nSPS) is 23.7. The molecule has 2 aliphatic heterocycles. The summed E-state index contributed by atoms with van der Waals surface area (Å²) >= 11 is 0. The van der Waals surface area contributed by atoms with E-state index in [0.29, 0.717) is 29.0 Å². The first-order valence-corrected chi connectivity index (χ1v) is 8.48. The minimum absolute atomic E-state index is 0.0536. The molecular formula is C18H22N4O2. The third kappa shape index (κ3) is 2.60. The molecule has 0 N–H and O–H groups in total. The Morgan fingerprint density at radius 1 is 1.38 bits per heavy atom. The standard InChI is InChI=1S/C18H22N4O2/c1-12-17(13(2)24-20-12)18(23)21-7-5-15-10-22(16(15)11-21)9-14-4-3-6-19-8-14/h3-4,6,8,15-16H,5,7,9-11H2,1-2H3/t15-,16-/m1/s1. The van der Waals surface area contributed by atoms with E-state index in [-0.39, 0.29) is 5.91 Å². The van der Waals surface area contributed by atoms with E-state index in [4.69, 9.17) is 4.52 Å². The molecule has 0 unspecified atom stereocenters. The van der Waals surface area contributed by atoms with Gasteiger partial charge in [-0.05, 0) is 37.8 Å². The number of hydrogen-bond acceptors (Lipinski definition) is 5. The van der Waals surface area contributed by atoms with Gasteiger partial charge in [-0.3, -0.25) is 14.7 Å². The molecule has 0 saturated carbocycles. The van der Waals surface area contributed by atoms with E-state index in [1.54, 1.807) is 13.1 Å². The Morgan fingerprint density at radius 3 is 2.96 bits per heavy atom. The van der Waals surface area contributed by atoms with E-state index in [1.807, 2.05) is 24.1 Å². The highest BCUT2D eigenvalue weighted by Gasteiger charge is 2.43. The van der Waals surface area contributed by atoms with Crippen molar-refractivity contribution in [1.82, 2.24) is 19.9 Å². The number of carbonyl (C=O) groups is 1. The van der Waals surface area contributed by atoms with Crippen LogP contribution in [0.5, 0.6) is 0 Å². The van der Waals surface area contributed by atoms with Crippen molar-refractivity contribution in [2.24, 2.45) is 5.92 Å². The van der Waals surface area contributed by atoms with Crippen LogP contribution in [0.2, 0.25) is 0 Å². The number of nitrogens with zero attached hydrogens (tertiary/aromatic N) is 4. The first-order chi connectivity index (χ1) is 11.6. The molecule has 2 aromatic rings. The van der Waals surface area contributed by atoms with Crippen LogP contribution < -0.4 is 0 Å². The lowest BCUT2D eigenvalue weighted by Gasteiger charge is -2.53. The highest BCUT2D eigenvalue weighted by Crippen LogP contribution is 2.34. The molecule has 1 amide bonds. The summed E-state index contributed by atoms with van der Waals surface area (Å²) in [6.45, 7) is 7.26. The van der Waals surface area contributed by atoms with Crippen LogP contribution >= 0.6 is 0 Å². The van der Waals surface area contributed by atoms with Crippen LogP contribution in [-0.2, 0) is 6.54 Å². The average Bonchev–Trinajstić information content (AvgIpc) is 2.92. The van der Waals surface area contributed by atoms with Gasteiger partial charge < -0.3 is 9.42 Å². The third-order valence-corrected chi connectivity index (χ3v) is 5.30. The molecule has 0 aliphatic carbocycles. The maximum Gasteiger partial charge on any atom is 0.259 e. The Hall–Kier alpha value is -2.21. The summed E-state index contributed by atoms with van der Waals surface area (Å²) in [7, 11) is 0. The Morgan fingerprint density at radius 2 is 2.25 bits per heavy atom. The number of likely N-dealkylation sites (tertiary alicyclic amines) is 2. The molecule has 4 heterocycles. The van der Waals surface area contributed by atoms with Crippen molar-refractivity contribution in [3.63, 3.8) is 0 Å². The van der Waals surface area contributed by atoms with Crippen LogP contribution in [0.4, 0.5) is 0 Å². The predicted molar refractivity (Wildman–Crippen MR) is 88.4 cm³/mol. The molecule has 0 spiro atoms. The summed E-state index contributed by atoms with van der Waals surface area (Å²) in [5.74, 6) is 1.37. The number of carbonyl (C=O) groups excluding carboxylic acids is 1. The number of aromatic nitrogens is 2. The highest BCUT2D eigenvalue weighted by atomic mass is 16.5. The second-order valence-electron chi connectivity index (χ2n) is 6.86. The second-order valence-corrected chi connectivity index (χ2v) is 6.86. The van der Waals surface area contributed by atoms with E-state index >= 15 is 0 Å². The summed E-state index contributed by atoms with van der Waals surface area (Å²) in [5, 5.41) is 3.91.